The Morgan fingerprint density at radius 3 is 2.65 bits per heavy atom. The molecule has 1 aromatic rings. The summed E-state index contributed by atoms with van der Waals surface area (Å²) in [5.41, 5.74) is 6.86. The molecule has 1 aliphatic rings. The largest absolute Gasteiger partial charge is 0.497 e. The standard InChI is InChI=1S/C16H24N2O2/c1-20-14-8-6-12(7-9-14)11-18-16(19)15-5-3-2-4-13(15)10-17/h6-9,13,15H,2-5,10-11,17H2,1H3,(H,18,19). The molecule has 4 heteroatoms. The molecule has 0 radical (unpaired) electrons. The molecule has 2 unspecified atom stereocenters. The average Bonchev–Trinajstić information content (AvgIpc) is 2.53. The summed E-state index contributed by atoms with van der Waals surface area (Å²) in [6.45, 7) is 1.18. The van der Waals surface area contributed by atoms with Gasteiger partial charge in [0.15, 0.2) is 0 Å². The van der Waals surface area contributed by atoms with Gasteiger partial charge in [-0.25, -0.2) is 0 Å². The third-order valence-corrected chi connectivity index (χ3v) is 4.17. The first-order valence-electron chi connectivity index (χ1n) is 7.35. The molecule has 20 heavy (non-hydrogen) atoms. The van der Waals surface area contributed by atoms with Gasteiger partial charge in [0, 0.05) is 12.5 Å². The van der Waals surface area contributed by atoms with Crippen molar-refractivity contribution in [3.8, 4) is 5.75 Å². The molecule has 0 aliphatic heterocycles. The molecule has 4 nitrogen and oxygen atoms in total. The fraction of sp³-hybridized carbons (Fsp3) is 0.562. The fourth-order valence-corrected chi connectivity index (χ4v) is 2.90. The van der Waals surface area contributed by atoms with Gasteiger partial charge in [0.25, 0.3) is 0 Å². The van der Waals surface area contributed by atoms with Gasteiger partial charge in [0.2, 0.25) is 5.91 Å². The summed E-state index contributed by atoms with van der Waals surface area (Å²) in [5.74, 6) is 1.41. The van der Waals surface area contributed by atoms with Gasteiger partial charge in [-0.15, -0.1) is 0 Å². The zero-order chi connectivity index (χ0) is 14.4. The van der Waals surface area contributed by atoms with Crippen molar-refractivity contribution in [1.29, 1.82) is 0 Å². The van der Waals surface area contributed by atoms with Crippen LogP contribution < -0.4 is 15.8 Å². The van der Waals surface area contributed by atoms with Gasteiger partial charge in [0.05, 0.1) is 7.11 Å². The zero-order valence-electron chi connectivity index (χ0n) is 12.1. The summed E-state index contributed by atoms with van der Waals surface area (Å²) < 4.78 is 5.12. The number of nitrogens with one attached hydrogen (secondary N) is 1. The van der Waals surface area contributed by atoms with Gasteiger partial charge in [-0.3, -0.25) is 4.79 Å². The number of methoxy groups -OCH3 is 1. The van der Waals surface area contributed by atoms with Crippen molar-refractivity contribution in [2.45, 2.75) is 32.2 Å². The van der Waals surface area contributed by atoms with Crippen molar-refractivity contribution in [3.05, 3.63) is 29.8 Å². The lowest BCUT2D eigenvalue weighted by Gasteiger charge is -2.29. The highest BCUT2D eigenvalue weighted by molar-refractivity contribution is 5.79. The average molecular weight is 276 g/mol. The fourth-order valence-electron chi connectivity index (χ4n) is 2.90. The Morgan fingerprint density at radius 2 is 2.00 bits per heavy atom. The molecule has 0 heterocycles. The van der Waals surface area contributed by atoms with E-state index in [9.17, 15) is 4.79 Å². The predicted molar refractivity (Wildman–Crippen MR) is 79.3 cm³/mol. The Hall–Kier alpha value is -1.55. The number of ether oxygens (including phenoxy) is 1. The minimum Gasteiger partial charge on any atom is -0.497 e. The lowest BCUT2D eigenvalue weighted by Crippen LogP contribution is -2.39. The maximum atomic E-state index is 12.3. The Bertz CT molecular complexity index is 431. The van der Waals surface area contributed by atoms with Gasteiger partial charge in [-0.05, 0) is 43.0 Å². The lowest BCUT2D eigenvalue weighted by molar-refractivity contribution is -0.127. The van der Waals surface area contributed by atoms with Crippen LogP contribution in [0.1, 0.15) is 31.2 Å². The van der Waals surface area contributed by atoms with Crippen molar-refractivity contribution in [2.24, 2.45) is 17.6 Å². The van der Waals surface area contributed by atoms with E-state index < -0.39 is 0 Å². The minimum atomic E-state index is 0.0898. The first-order valence-corrected chi connectivity index (χ1v) is 7.35. The Labute approximate surface area is 120 Å². The van der Waals surface area contributed by atoms with Crippen LogP contribution >= 0.6 is 0 Å². The topological polar surface area (TPSA) is 64.3 Å². The molecular formula is C16H24N2O2. The SMILES string of the molecule is COc1ccc(CNC(=O)C2CCCCC2CN)cc1. The quantitative estimate of drug-likeness (QED) is 0.865. The zero-order valence-corrected chi connectivity index (χ0v) is 12.1. The van der Waals surface area contributed by atoms with Crippen molar-refractivity contribution in [1.82, 2.24) is 5.32 Å². The van der Waals surface area contributed by atoms with Crippen LogP contribution in [0.15, 0.2) is 24.3 Å². The third-order valence-electron chi connectivity index (χ3n) is 4.17. The minimum absolute atomic E-state index is 0.0898. The number of carbonyl (C=O) groups is 1. The van der Waals surface area contributed by atoms with Crippen molar-refractivity contribution in [3.63, 3.8) is 0 Å². The summed E-state index contributed by atoms with van der Waals surface area (Å²) in [6, 6.07) is 7.76. The molecule has 0 saturated heterocycles. The molecule has 3 N–H and O–H groups in total. The van der Waals surface area contributed by atoms with Gasteiger partial charge in [-0.1, -0.05) is 25.0 Å². The van der Waals surface area contributed by atoms with E-state index in [1.165, 1.54) is 6.42 Å². The summed E-state index contributed by atoms with van der Waals surface area (Å²) in [6.07, 6.45) is 4.38. The second-order valence-electron chi connectivity index (χ2n) is 5.45. The van der Waals surface area contributed by atoms with E-state index in [1.54, 1.807) is 7.11 Å². The maximum Gasteiger partial charge on any atom is 0.223 e. The molecular weight excluding hydrogens is 252 g/mol. The van der Waals surface area contributed by atoms with Crippen molar-refractivity contribution < 1.29 is 9.53 Å². The van der Waals surface area contributed by atoms with Gasteiger partial charge in [-0.2, -0.15) is 0 Å². The molecule has 0 spiro atoms. The number of hydrogen-bond donors (Lipinski definition) is 2. The highest BCUT2D eigenvalue weighted by atomic mass is 16.5. The first kappa shape index (κ1) is 14.9. The molecule has 0 bridgehead atoms. The third kappa shape index (κ3) is 3.73. The van der Waals surface area contributed by atoms with E-state index in [1.807, 2.05) is 24.3 Å². The summed E-state index contributed by atoms with van der Waals surface area (Å²) in [4.78, 5) is 12.3. The van der Waals surface area contributed by atoms with Crippen molar-refractivity contribution in [2.75, 3.05) is 13.7 Å². The van der Waals surface area contributed by atoms with Crippen LogP contribution in [0.2, 0.25) is 0 Å². The Morgan fingerprint density at radius 1 is 1.30 bits per heavy atom. The van der Waals surface area contributed by atoms with Crippen LogP contribution in [0, 0.1) is 11.8 Å². The maximum absolute atomic E-state index is 12.3. The van der Waals surface area contributed by atoms with Gasteiger partial charge in [0.1, 0.15) is 5.75 Å². The predicted octanol–water partition coefficient (Wildman–Crippen LogP) is 2.08. The number of carbonyl (C=O) groups excluding carboxylic acids is 1. The number of amides is 1. The number of rotatable bonds is 5. The smallest absolute Gasteiger partial charge is 0.223 e. The Balaban J connectivity index is 1.87. The van der Waals surface area contributed by atoms with E-state index in [2.05, 4.69) is 5.32 Å². The number of benzene rings is 1. The molecule has 1 saturated carbocycles. The van der Waals surface area contributed by atoms with E-state index in [0.717, 1.165) is 30.6 Å². The molecule has 1 amide bonds. The summed E-state index contributed by atoms with van der Waals surface area (Å²) in [5, 5.41) is 3.04. The van der Waals surface area contributed by atoms with Crippen LogP contribution in [-0.4, -0.2) is 19.6 Å². The highest BCUT2D eigenvalue weighted by Crippen LogP contribution is 2.29. The molecule has 2 rings (SSSR count). The van der Waals surface area contributed by atoms with E-state index >= 15 is 0 Å². The second kappa shape index (κ2) is 7.29. The molecule has 2 atom stereocenters. The lowest BCUT2D eigenvalue weighted by atomic mass is 9.79. The van der Waals surface area contributed by atoms with E-state index in [0.29, 0.717) is 19.0 Å². The first-order chi connectivity index (χ1) is 9.74. The van der Waals surface area contributed by atoms with Crippen LogP contribution in [0.5, 0.6) is 5.75 Å². The van der Waals surface area contributed by atoms with Gasteiger partial charge >= 0.3 is 0 Å². The molecule has 0 aromatic heterocycles. The van der Waals surface area contributed by atoms with E-state index in [-0.39, 0.29) is 11.8 Å². The molecule has 1 aliphatic carbocycles. The van der Waals surface area contributed by atoms with E-state index in [4.69, 9.17) is 10.5 Å². The van der Waals surface area contributed by atoms with Crippen LogP contribution in [0.25, 0.3) is 0 Å². The summed E-state index contributed by atoms with van der Waals surface area (Å²) in [7, 11) is 1.65. The molecule has 1 fully saturated rings. The number of nitrogens with two attached hydrogens (primary N) is 1. The molecule has 1 aromatic carbocycles. The van der Waals surface area contributed by atoms with Gasteiger partial charge < -0.3 is 15.8 Å². The number of hydrogen-bond acceptors (Lipinski definition) is 3. The monoisotopic (exact) mass is 276 g/mol. The molecule has 110 valence electrons. The highest BCUT2D eigenvalue weighted by Gasteiger charge is 2.29. The summed E-state index contributed by atoms with van der Waals surface area (Å²) >= 11 is 0. The second-order valence-corrected chi connectivity index (χ2v) is 5.45. The van der Waals surface area contributed by atoms with Crippen LogP contribution in [0.4, 0.5) is 0 Å². The van der Waals surface area contributed by atoms with Crippen molar-refractivity contribution >= 4 is 5.91 Å². The van der Waals surface area contributed by atoms with Crippen LogP contribution in [-0.2, 0) is 11.3 Å². The van der Waals surface area contributed by atoms with Crippen LogP contribution in [0.3, 0.4) is 0 Å². The Kier molecular flexibility index (Phi) is 5.41. The normalized spacial score (nSPS) is 22.3.